The number of aliphatic hydroxyl groups is 1. The number of aromatic nitrogens is 1. The fraction of sp³-hybridized carbons (Fsp3) is 0.606. The van der Waals surface area contributed by atoms with Crippen LogP contribution in [-0.4, -0.2) is 31.6 Å². The normalized spacial score (nSPS) is 20.4. The highest BCUT2D eigenvalue weighted by Crippen LogP contribution is 2.51. The van der Waals surface area contributed by atoms with Gasteiger partial charge in [-0.05, 0) is 67.7 Å². The molecule has 4 nitrogen and oxygen atoms in total. The predicted molar refractivity (Wildman–Crippen MR) is 160 cm³/mol. The van der Waals surface area contributed by atoms with Crippen molar-refractivity contribution in [2.45, 2.75) is 110 Å². The summed E-state index contributed by atoms with van der Waals surface area (Å²) in [6.07, 6.45) is -2.41. The van der Waals surface area contributed by atoms with Crippen LogP contribution in [0.1, 0.15) is 119 Å². The lowest BCUT2D eigenvalue weighted by molar-refractivity contribution is -0.140. The smallest absolute Gasteiger partial charge is 0.419 e. The Hall–Kier alpha value is -2.07. The third-order valence-electron chi connectivity index (χ3n) is 9.05. The van der Waals surface area contributed by atoms with Gasteiger partial charge in [-0.15, -0.1) is 18.1 Å². The second-order valence-corrected chi connectivity index (χ2v) is 19.2. The molecule has 0 radical (unpaired) electrons. The maximum absolute atomic E-state index is 14.8. The minimum Gasteiger partial charge on any atom is -0.559 e. The third-order valence-corrected chi connectivity index (χ3v) is 13.5. The van der Waals surface area contributed by atoms with Gasteiger partial charge in [0.05, 0.1) is 18.8 Å². The Balaban J connectivity index is 2.03. The van der Waals surface area contributed by atoms with Gasteiger partial charge in [0.25, 0.3) is 0 Å². The minimum absolute atomic E-state index is 0.0434. The van der Waals surface area contributed by atoms with Crippen LogP contribution in [0.4, 0.5) is 17.6 Å². The number of hydrogen-bond donors (Lipinski definition) is 1. The molecule has 233 valence electrons. The van der Waals surface area contributed by atoms with Crippen molar-refractivity contribution in [3.05, 3.63) is 69.3 Å². The molecule has 1 aliphatic heterocycles. The molecule has 1 aromatic carbocycles. The van der Waals surface area contributed by atoms with E-state index in [1.54, 1.807) is 0 Å². The van der Waals surface area contributed by atoms with Crippen molar-refractivity contribution in [3.63, 3.8) is 0 Å². The van der Waals surface area contributed by atoms with E-state index < -0.39 is 32.0 Å². The van der Waals surface area contributed by atoms with Crippen LogP contribution in [0.15, 0.2) is 24.3 Å². The molecule has 9 heteroatoms. The molecule has 2 aliphatic rings. The van der Waals surface area contributed by atoms with Gasteiger partial charge in [0, 0.05) is 28.6 Å². The maximum Gasteiger partial charge on any atom is 0.419 e. The van der Waals surface area contributed by atoms with Crippen molar-refractivity contribution in [1.82, 2.24) is 4.98 Å². The van der Waals surface area contributed by atoms with E-state index in [1.165, 1.54) is 0 Å². The number of hydrogen-bond acceptors (Lipinski definition) is 4. The summed E-state index contributed by atoms with van der Waals surface area (Å²) in [6, 6.07) is 2.66. The van der Waals surface area contributed by atoms with Crippen molar-refractivity contribution >= 4 is 13.9 Å². The van der Waals surface area contributed by atoms with Gasteiger partial charge in [0.2, 0.25) is 0 Å². The number of alkyl halides is 3. The van der Waals surface area contributed by atoms with Crippen LogP contribution in [0.25, 0.3) is 5.57 Å². The lowest BCUT2D eigenvalue weighted by Crippen LogP contribution is -2.44. The third kappa shape index (κ3) is 6.54. The Morgan fingerprint density at radius 3 is 2.33 bits per heavy atom. The summed E-state index contributed by atoms with van der Waals surface area (Å²) in [5.41, 5.74) is 3.48. The van der Waals surface area contributed by atoms with Crippen molar-refractivity contribution in [1.29, 1.82) is 0 Å². The van der Waals surface area contributed by atoms with Crippen molar-refractivity contribution in [3.8, 4) is 0 Å². The molecule has 4 rings (SSSR count). The van der Waals surface area contributed by atoms with Gasteiger partial charge >= 0.3 is 6.18 Å². The molecule has 1 aliphatic carbocycles. The molecule has 42 heavy (non-hydrogen) atoms. The van der Waals surface area contributed by atoms with Crippen molar-refractivity contribution in [2.75, 3.05) is 13.2 Å². The highest BCUT2D eigenvalue weighted by Gasteiger charge is 2.41. The lowest BCUT2D eigenvalue weighted by Gasteiger charge is -2.53. The molecule has 1 N–H and O–H groups in total. The summed E-state index contributed by atoms with van der Waals surface area (Å²) >= 11 is 0. The van der Waals surface area contributed by atoms with E-state index in [1.807, 2.05) is 19.9 Å². The van der Waals surface area contributed by atoms with E-state index in [9.17, 15) is 22.7 Å². The molecular weight excluding hydrogens is 562 g/mol. The van der Waals surface area contributed by atoms with Crippen molar-refractivity contribution < 1.29 is 31.8 Å². The molecule has 0 spiro atoms. The van der Waals surface area contributed by atoms with Crippen LogP contribution in [0.5, 0.6) is 0 Å². The Morgan fingerprint density at radius 2 is 1.81 bits per heavy atom. The SMILES string of the molecule is CC(C)c1nc2c(c(C3=CCOCC3)c1[C@H](O)c1ccc(C(F)(F)F)c(F)c1)[C@@H](O[Si-](C)(C)C(C)(C)C)CC(C)(C)C2. The topological polar surface area (TPSA) is 51.6 Å². The highest BCUT2D eigenvalue weighted by molar-refractivity contribution is 6.74. The molecule has 0 saturated heterocycles. The van der Waals surface area contributed by atoms with E-state index in [4.69, 9.17) is 14.1 Å². The molecule has 0 saturated carbocycles. The summed E-state index contributed by atoms with van der Waals surface area (Å²) in [4.78, 5) is 5.18. The number of rotatable bonds is 6. The van der Waals surface area contributed by atoms with Crippen molar-refractivity contribution in [2.24, 2.45) is 5.41 Å². The summed E-state index contributed by atoms with van der Waals surface area (Å²) in [5, 5.41) is 11.9. The maximum atomic E-state index is 14.8. The van der Waals surface area contributed by atoms with Crippen LogP contribution < -0.4 is 0 Å². The minimum atomic E-state index is -4.83. The van der Waals surface area contributed by atoms with Crippen LogP contribution in [0.2, 0.25) is 18.1 Å². The molecule has 0 bridgehead atoms. The van der Waals surface area contributed by atoms with Crippen LogP contribution >= 0.6 is 0 Å². The first-order valence-electron chi connectivity index (χ1n) is 14.8. The molecular formula is C33H45F4NO3Si-. The Labute approximate surface area is 248 Å². The van der Waals surface area contributed by atoms with E-state index in [0.29, 0.717) is 37.0 Å². The Bertz CT molecular complexity index is 1360. The number of pyridine rings is 1. The molecule has 0 amide bonds. The Kier molecular flexibility index (Phi) is 8.95. The zero-order valence-corrected chi connectivity index (χ0v) is 27.3. The zero-order valence-electron chi connectivity index (χ0n) is 26.3. The number of fused-ring (bicyclic) bond motifs is 1. The van der Waals surface area contributed by atoms with E-state index in [-0.39, 0.29) is 28.0 Å². The number of benzene rings is 1. The van der Waals surface area contributed by atoms with E-state index >= 15 is 0 Å². The van der Waals surface area contributed by atoms with Gasteiger partial charge in [-0.3, -0.25) is 4.98 Å². The number of ether oxygens (including phenoxy) is 1. The average molecular weight is 608 g/mol. The molecule has 2 aromatic rings. The number of halogens is 4. The molecule has 2 heterocycles. The van der Waals surface area contributed by atoms with Gasteiger partial charge < -0.3 is 14.3 Å². The highest BCUT2D eigenvalue weighted by atomic mass is 28.4. The quantitative estimate of drug-likeness (QED) is 0.263. The van der Waals surface area contributed by atoms with Crippen LogP contribution in [0, 0.1) is 11.2 Å². The van der Waals surface area contributed by atoms with Gasteiger partial charge in [-0.2, -0.15) is 13.2 Å². The first-order chi connectivity index (χ1) is 19.2. The lowest BCUT2D eigenvalue weighted by atomic mass is 9.71. The van der Waals surface area contributed by atoms with E-state index in [0.717, 1.165) is 47.4 Å². The Morgan fingerprint density at radius 1 is 1.14 bits per heavy atom. The molecule has 0 unspecified atom stereocenters. The van der Waals surface area contributed by atoms with Crippen LogP contribution in [0.3, 0.4) is 0 Å². The van der Waals surface area contributed by atoms with Gasteiger partial charge in [0.1, 0.15) is 11.9 Å². The molecule has 0 fully saturated rings. The van der Waals surface area contributed by atoms with Gasteiger partial charge in [-0.1, -0.05) is 60.6 Å². The monoisotopic (exact) mass is 607 g/mol. The average Bonchev–Trinajstić information content (AvgIpc) is 2.85. The fourth-order valence-electron chi connectivity index (χ4n) is 5.84. The van der Waals surface area contributed by atoms with Gasteiger partial charge in [-0.25, -0.2) is 4.39 Å². The zero-order chi connectivity index (χ0) is 31.4. The van der Waals surface area contributed by atoms with Gasteiger partial charge in [0.15, 0.2) is 0 Å². The first kappa shape index (κ1) is 32.8. The second-order valence-electron chi connectivity index (χ2n) is 14.4. The number of aliphatic hydroxyl groups excluding tert-OH is 1. The fourth-order valence-corrected chi connectivity index (χ4v) is 7.11. The summed E-state index contributed by atoms with van der Waals surface area (Å²) < 4.78 is 67.6. The molecule has 1 aromatic heterocycles. The predicted octanol–water partition coefficient (Wildman–Crippen LogP) is 9.28. The van der Waals surface area contributed by atoms with Crippen LogP contribution in [-0.2, 0) is 21.8 Å². The summed E-state index contributed by atoms with van der Waals surface area (Å²) in [5.74, 6) is -1.52. The van der Waals surface area contributed by atoms with E-state index in [2.05, 4.69) is 47.7 Å². The standard InChI is InChI=1S/C33H45F4NO3Si/c1-19(2)29-28(30(39)21-10-11-22(23(34)16-21)33(35,36)37)26(20-12-14-40-15-13-20)27-24(38-29)17-32(6,7)18-25(27)41-42(8,9)31(3,4)5/h10-12,16,19,25,30,39H,13-15,17-18H2,1-9H3/q-1/t25-,30+/m0/s1. The molecule has 2 atom stereocenters. The first-order valence-corrected chi connectivity index (χ1v) is 17.7. The second kappa shape index (κ2) is 11.5. The largest absolute Gasteiger partial charge is 0.559 e. The summed E-state index contributed by atoms with van der Waals surface area (Å²) in [6.45, 7) is 20.4. The number of nitrogens with zero attached hydrogens (tertiary/aromatic N) is 1. The summed E-state index contributed by atoms with van der Waals surface area (Å²) in [7, 11) is -2.26.